The monoisotopic (exact) mass is 256 g/mol. The van der Waals surface area contributed by atoms with Crippen molar-refractivity contribution in [3.05, 3.63) is 29.8 Å². The number of hydrogen-bond acceptors (Lipinski definition) is 1. The van der Waals surface area contributed by atoms with Crippen molar-refractivity contribution in [2.24, 2.45) is 5.92 Å². The molecule has 1 saturated heterocycles. The minimum absolute atomic E-state index is 0.111. The van der Waals surface area contributed by atoms with E-state index in [-0.39, 0.29) is 6.03 Å². The van der Waals surface area contributed by atoms with E-state index >= 15 is 0 Å². The van der Waals surface area contributed by atoms with Gasteiger partial charge in [0.15, 0.2) is 0 Å². The minimum atomic E-state index is 0.111. The molecule has 1 heterocycles. The van der Waals surface area contributed by atoms with Crippen LogP contribution in [0.2, 0.25) is 0 Å². The lowest BCUT2D eigenvalue weighted by Gasteiger charge is -2.27. The Hall–Kier alpha value is -1.51. The van der Waals surface area contributed by atoms with Gasteiger partial charge in [-0.15, -0.1) is 0 Å². The van der Waals surface area contributed by atoms with Crippen molar-refractivity contribution in [2.45, 2.75) is 44.1 Å². The molecule has 1 aromatic carbocycles. The van der Waals surface area contributed by atoms with E-state index < -0.39 is 0 Å². The Labute approximate surface area is 114 Å². The second-order valence-corrected chi connectivity index (χ2v) is 6.28. The lowest BCUT2D eigenvalue weighted by molar-refractivity contribution is 0.194. The molecule has 3 fully saturated rings. The van der Waals surface area contributed by atoms with Crippen LogP contribution in [0, 0.1) is 5.92 Å². The van der Waals surface area contributed by atoms with Crippen LogP contribution >= 0.6 is 0 Å². The molecule has 2 aliphatic carbocycles. The molecule has 0 spiro atoms. The zero-order valence-electron chi connectivity index (χ0n) is 11.1. The average molecular weight is 256 g/mol. The fourth-order valence-corrected chi connectivity index (χ4v) is 3.72. The van der Waals surface area contributed by atoms with Crippen LogP contribution in [-0.4, -0.2) is 23.5 Å². The third-order valence-corrected chi connectivity index (χ3v) is 4.89. The number of rotatable bonds is 2. The van der Waals surface area contributed by atoms with Gasteiger partial charge in [0.1, 0.15) is 0 Å². The molecule has 2 atom stereocenters. The number of nitrogens with one attached hydrogen (secondary N) is 1. The van der Waals surface area contributed by atoms with Crippen LogP contribution in [0.15, 0.2) is 24.3 Å². The molecule has 2 bridgehead atoms. The van der Waals surface area contributed by atoms with Gasteiger partial charge in [-0.05, 0) is 55.6 Å². The SMILES string of the molecule is O=C(Nc1ccccc1C1CC1)N1C[C@H]2CC[C@H]1C2. The van der Waals surface area contributed by atoms with E-state index in [4.69, 9.17) is 0 Å². The van der Waals surface area contributed by atoms with E-state index in [2.05, 4.69) is 22.3 Å². The quantitative estimate of drug-likeness (QED) is 0.861. The second kappa shape index (κ2) is 4.26. The van der Waals surface area contributed by atoms with E-state index in [1.165, 1.54) is 37.7 Å². The van der Waals surface area contributed by atoms with Crippen molar-refractivity contribution in [1.29, 1.82) is 0 Å². The van der Waals surface area contributed by atoms with Crippen LogP contribution < -0.4 is 5.32 Å². The zero-order valence-corrected chi connectivity index (χ0v) is 11.1. The van der Waals surface area contributed by atoms with Crippen molar-refractivity contribution in [2.75, 3.05) is 11.9 Å². The van der Waals surface area contributed by atoms with Crippen LogP contribution in [0.3, 0.4) is 0 Å². The lowest BCUT2D eigenvalue weighted by Crippen LogP contribution is -2.40. The summed E-state index contributed by atoms with van der Waals surface area (Å²) < 4.78 is 0. The molecule has 19 heavy (non-hydrogen) atoms. The highest BCUT2D eigenvalue weighted by Crippen LogP contribution is 2.43. The Bertz CT molecular complexity index is 509. The number of hydrogen-bond donors (Lipinski definition) is 1. The largest absolute Gasteiger partial charge is 0.322 e. The number of carbonyl (C=O) groups excluding carboxylic acids is 1. The topological polar surface area (TPSA) is 32.3 Å². The van der Waals surface area contributed by atoms with Gasteiger partial charge < -0.3 is 10.2 Å². The number of para-hydroxylation sites is 1. The first-order valence-electron chi connectivity index (χ1n) is 7.48. The maximum absolute atomic E-state index is 12.4. The van der Waals surface area contributed by atoms with Gasteiger partial charge in [-0.2, -0.15) is 0 Å². The molecule has 4 rings (SSSR count). The van der Waals surface area contributed by atoms with Gasteiger partial charge in [0, 0.05) is 18.3 Å². The Morgan fingerprint density at radius 1 is 1.16 bits per heavy atom. The lowest BCUT2D eigenvalue weighted by atomic mass is 10.1. The summed E-state index contributed by atoms with van der Waals surface area (Å²) in [6, 6.07) is 8.89. The van der Waals surface area contributed by atoms with Gasteiger partial charge in [0.2, 0.25) is 0 Å². The van der Waals surface area contributed by atoms with Crippen LogP contribution in [-0.2, 0) is 0 Å². The van der Waals surface area contributed by atoms with Crippen LogP contribution in [0.1, 0.15) is 43.6 Å². The van der Waals surface area contributed by atoms with Crippen molar-refractivity contribution >= 4 is 11.7 Å². The third-order valence-electron chi connectivity index (χ3n) is 4.89. The smallest absolute Gasteiger partial charge is 0.321 e. The molecule has 3 nitrogen and oxygen atoms in total. The highest BCUT2D eigenvalue weighted by molar-refractivity contribution is 5.90. The zero-order chi connectivity index (χ0) is 12.8. The molecule has 1 aliphatic heterocycles. The molecular weight excluding hydrogens is 236 g/mol. The molecule has 3 heteroatoms. The molecule has 0 unspecified atom stereocenters. The summed E-state index contributed by atoms with van der Waals surface area (Å²) in [6.07, 6.45) is 6.26. The van der Waals surface area contributed by atoms with Crippen LogP contribution in [0.4, 0.5) is 10.5 Å². The Kier molecular flexibility index (Phi) is 2.54. The molecule has 2 amide bonds. The van der Waals surface area contributed by atoms with E-state index in [0.717, 1.165) is 18.2 Å². The van der Waals surface area contributed by atoms with Crippen molar-refractivity contribution in [1.82, 2.24) is 4.90 Å². The number of nitrogens with zero attached hydrogens (tertiary/aromatic N) is 1. The summed E-state index contributed by atoms with van der Waals surface area (Å²) in [6.45, 7) is 0.960. The Balaban J connectivity index is 1.50. The molecular formula is C16H20N2O. The van der Waals surface area contributed by atoms with E-state index in [1.54, 1.807) is 0 Å². The van der Waals surface area contributed by atoms with Gasteiger partial charge in [0.05, 0.1) is 0 Å². The average Bonchev–Trinajstić information content (AvgIpc) is 3.06. The van der Waals surface area contributed by atoms with E-state index in [1.807, 2.05) is 12.1 Å². The maximum Gasteiger partial charge on any atom is 0.322 e. The van der Waals surface area contributed by atoms with Gasteiger partial charge >= 0.3 is 6.03 Å². The van der Waals surface area contributed by atoms with Crippen LogP contribution in [0.5, 0.6) is 0 Å². The summed E-state index contributed by atoms with van der Waals surface area (Å²) in [5.41, 5.74) is 2.35. The van der Waals surface area contributed by atoms with Gasteiger partial charge in [-0.3, -0.25) is 0 Å². The normalized spacial score (nSPS) is 28.7. The number of piperidine rings is 1. The summed E-state index contributed by atoms with van der Waals surface area (Å²) in [5.74, 6) is 1.43. The fourth-order valence-electron chi connectivity index (χ4n) is 3.72. The molecule has 100 valence electrons. The maximum atomic E-state index is 12.4. The van der Waals surface area contributed by atoms with Crippen molar-refractivity contribution in [3.63, 3.8) is 0 Å². The summed E-state index contributed by atoms with van der Waals surface area (Å²) in [4.78, 5) is 14.5. The third kappa shape index (κ3) is 2.01. The molecule has 2 saturated carbocycles. The number of benzene rings is 1. The summed E-state index contributed by atoms with van der Waals surface area (Å²) in [7, 11) is 0. The van der Waals surface area contributed by atoms with E-state index in [9.17, 15) is 4.79 Å². The number of anilines is 1. The number of carbonyl (C=O) groups is 1. The Morgan fingerprint density at radius 2 is 2.00 bits per heavy atom. The van der Waals surface area contributed by atoms with Crippen LogP contribution in [0.25, 0.3) is 0 Å². The van der Waals surface area contributed by atoms with Gasteiger partial charge in [0.25, 0.3) is 0 Å². The fraction of sp³-hybridized carbons (Fsp3) is 0.562. The predicted molar refractivity (Wildman–Crippen MR) is 75.3 cm³/mol. The van der Waals surface area contributed by atoms with Gasteiger partial charge in [-0.1, -0.05) is 18.2 Å². The van der Waals surface area contributed by atoms with E-state index in [0.29, 0.717) is 12.0 Å². The minimum Gasteiger partial charge on any atom is -0.321 e. The van der Waals surface area contributed by atoms with Crippen molar-refractivity contribution < 1.29 is 4.79 Å². The highest BCUT2D eigenvalue weighted by Gasteiger charge is 2.40. The summed E-state index contributed by atoms with van der Waals surface area (Å²) in [5, 5.41) is 3.15. The molecule has 0 aromatic heterocycles. The molecule has 1 aromatic rings. The highest BCUT2D eigenvalue weighted by atomic mass is 16.2. The van der Waals surface area contributed by atoms with Crippen molar-refractivity contribution in [3.8, 4) is 0 Å². The molecule has 1 N–H and O–H groups in total. The number of urea groups is 1. The number of amides is 2. The Morgan fingerprint density at radius 3 is 2.68 bits per heavy atom. The predicted octanol–water partition coefficient (Wildman–Crippen LogP) is 3.58. The number of likely N-dealkylation sites (tertiary alicyclic amines) is 1. The number of fused-ring (bicyclic) bond motifs is 2. The first kappa shape index (κ1) is 11.3. The van der Waals surface area contributed by atoms with Gasteiger partial charge in [-0.25, -0.2) is 4.79 Å². The molecule has 3 aliphatic rings. The first-order valence-corrected chi connectivity index (χ1v) is 7.48. The summed E-state index contributed by atoms with van der Waals surface area (Å²) >= 11 is 0. The standard InChI is InChI=1S/C16H20N2O/c19-16(18-10-11-5-8-13(18)9-11)17-15-4-2-1-3-14(15)12-6-7-12/h1-4,11-13H,5-10H2,(H,17,19)/t11-,13-/m0/s1. The first-order chi connectivity index (χ1) is 9.31. The second-order valence-electron chi connectivity index (χ2n) is 6.28. The molecule has 0 radical (unpaired) electrons.